The van der Waals surface area contributed by atoms with Crippen molar-refractivity contribution < 1.29 is 4.92 Å². The average Bonchev–Trinajstić information content (AvgIpc) is 2.77. The highest BCUT2D eigenvalue weighted by atomic mass is 35.5. The molecular formula is C12H10Cl2N2O2S. The number of halogens is 2. The number of rotatable bonds is 5. The van der Waals surface area contributed by atoms with Gasteiger partial charge in [0.1, 0.15) is 0 Å². The molecule has 0 fully saturated rings. The molecule has 7 heteroatoms. The lowest BCUT2D eigenvalue weighted by Crippen LogP contribution is -2.12. The second kappa shape index (κ2) is 6.34. The fourth-order valence-corrected chi connectivity index (χ4v) is 2.82. The van der Waals surface area contributed by atoms with Crippen LogP contribution in [0.4, 0.5) is 5.69 Å². The number of thiophene rings is 1. The molecule has 0 saturated heterocycles. The van der Waals surface area contributed by atoms with E-state index in [1.54, 1.807) is 6.07 Å². The SMILES string of the molecule is O=[N+]([O-])c1ccc(Cl)c(CNCc2ccc(Cl)s2)c1. The Bertz CT molecular complexity index is 601. The summed E-state index contributed by atoms with van der Waals surface area (Å²) < 4.78 is 0.741. The number of nitrogens with zero attached hydrogens (tertiary/aromatic N) is 1. The van der Waals surface area contributed by atoms with E-state index in [2.05, 4.69) is 5.32 Å². The summed E-state index contributed by atoms with van der Waals surface area (Å²) in [5, 5.41) is 14.4. The van der Waals surface area contributed by atoms with Gasteiger partial charge in [-0.3, -0.25) is 10.1 Å². The first kappa shape index (κ1) is 14.3. The molecule has 1 aromatic carbocycles. The van der Waals surface area contributed by atoms with Gasteiger partial charge in [0.05, 0.1) is 9.26 Å². The maximum absolute atomic E-state index is 10.7. The molecule has 0 aliphatic carbocycles. The van der Waals surface area contributed by atoms with Crippen molar-refractivity contribution in [1.29, 1.82) is 0 Å². The van der Waals surface area contributed by atoms with Crippen LogP contribution in [0.3, 0.4) is 0 Å². The topological polar surface area (TPSA) is 55.2 Å². The lowest BCUT2D eigenvalue weighted by molar-refractivity contribution is -0.384. The van der Waals surface area contributed by atoms with Gasteiger partial charge < -0.3 is 5.32 Å². The summed E-state index contributed by atoms with van der Waals surface area (Å²) in [4.78, 5) is 11.4. The lowest BCUT2D eigenvalue weighted by atomic mass is 10.2. The standard InChI is InChI=1S/C12H10Cl2N2O2S/c13-11-3-1-9(16(17)18)5-8(11)6-15-7-10-2-4-12(14)19-10/h1-5,15H,6-7H2. The average molecular weight is 317 g/mol. The minimum Gasteiger partial charge on any atom is -0.308 e. The van der Waals surface area contributed by atoms with Crippen LogP contribution in [0, 0.1) is 10.1 Å². The molecule has 1 aromatic heterocycles. The zero-order valence-electron chi connectivity index (χ0n) is 9.73. The van der Waals surface area contributed by atoms with Crippen LogP contribution in [0.5, 0.6) is 0 Å². The highest BCUT2D eigenvalue weighted by Crippen LogP contribution is 2.23. The largest absolute Gasteiger partial charge is 0.308 e. The van der Waals surface area contributed by atoms with Gasteiger partial charge in [0, 0.05) is 35.1 Å². The number of nitro groups is 1. The van der Waals surface area contributed by atoms with Gasteiger partial charge in [-0.25, -0.2) is 0 Å². The molecule has 4 nitrogen and oxygen atoms in total. The number of benzene rings is 1. The van der Waals surface area contributed by atoms with E-state index in [4.69, 9.17) is 23.2 Å². The van der Waals surface area contributed by atoms with Crippen molar-refractivity contribution in [3.05, 3.63) is 60.2 Å². The number of nitro benzene ring substituents is 1. The van der Waals surface area contributed by atoms with Crippen LogP contribution >= 0.6 is 34.5 Å². The predicted octanol–water partition coefficient (Wildman–Crippen LogP) is 4.25. The Morgan fingerprint density at radius 1 is 1.21 bits per heavy atom. The van der Waals surface area contributed by atoms with Crippen molar-refractivity contribution in [3.63, 3.8) is 0 Å². The Kier molecular flexibility index (Phi) is 4.76. The van der Waals surface area contributed by atoms with E-state index in [-0.39, 0.29) is 5.69 Å². The zero-order valence-corrected chi connectivity index (χ0v) is 12.1. The van der Waals surface area contributed by atoms with Crippen molar-refractivity contribution in [3.8, 4) is 0 Å². The Morgan fingerprint density at radius 3 is 2.63 bits per heavy atom. The predicted molar refractivity (Wildman–Crippen MR) is 78.0 cm³/mol. The molecule has 0 aliphatic rings. The third kappa shape index (κ3) is 3.91. The van der Waals surface area contributed by atoms with E-state index in [1.165, 1.54) is 23.5 Å². The van der Waals surface area contributed by atoms with Crippen LogP contribution in [0.2, 0.25) is 9.36 Å². The van der Waals surface area contributed by atoms with Crippen LogP contribution in [0.15, 0.2) is 30.3 Å². The summed E-state index contributed by atoms with van der Waals surface area (Å²) in [5.41, 5.74) is 0.749. The zero-order chi connectivity index (χ0) is 13.8. The molecule has 0 aliphatic heterocycles. The number of hydrogen-bond donors (Lipinski definition) is 1. The van der Waals surface area contributed by atoms with Crippen molar-refractivity contribution in [2.24, 2.45) is 0 Å². The second-order valence-electron chi connectivity index (χ2n) is 3.84. The van der Waals surface area contributed by atoms with E-state index in [9.17, 15) is 10.1 Å². The molecular weight excluding hydrogens is 307 g/mol. The van der Waals surface area contributed by atoms with Crippen LogP contribution in [0.1, 0.15) is 10.4 Å². The Labute approximate surface area is 124 Å². The summed E-state index contributed by atoms with van der Waals surface area (Å²) in [6.45, 7) is 1.12. The number of hydrogen-bond acceptors (Lipinski definition) is 4. The van der Waals surface area contributed by atoms with E-state index >= 15 is 0 Å². The van der Waals surface area contributed by atoms with E-state index in [0.29, 0.717) is 23.7 Å². The normalized spacial score (nSPS) is 10.6. The fraction of sp³-hybridized carbons (Fsp3) is 0.167. The van der Waals surface area contributed by atoms with Gasteiger partial charge in [0.15, 0.2) is 0 Å². The summed E-state index contributed by atoms with van der Waals surface area (Å²) in [7, 11) is 0. The van der Waals surface area contributed by atoms with Gasteiger partial charge in [-0.15, -0.1) is 11.3 Å². The van der Waals surface area contributed by atoms with Crippen LogP contribution in [0.25, 0.3) is 0 Å². The molecule has 1 heterocycles. The lowest BCUT2D eigenvalue weighted by Gasteiger charge is -2.05. The molecule has 0 saturated carbocycles. The summed E-state index contributed by atoms with van der Waals surface area (Å²) in [6, 6.07) is 8.19. The highest BCUT2D eigenvalue weighted by molar-refractivity contribution is 7.16. The van der Waals surface area contributed by atoms with Gasteiger partial charge in [-0.2, -0.15) is 0 Å². The Balaban J connectivity index is 1.99. The third-order valence-corrected chi connectivity index (χ3v) is 4.08. The summed E-state index contributed by atoms with van der Waals surface area (Å²) in [6.07, 6.45) is 0. The Morgan fingerprint density at radius 2 is 2.00 bits per heavy atom. The first-order valence-corrected chi connectivity index (χ1v) is 7.01. The van der Waals surface area contributed by atoms with Crippen LogP contribution < -0.4 is 5.32 Å². The molecule has 19 heavy (non-hydrogen) atoms. The van der Waals surface area contributed by atoms with Crippen molar-refractivity contribution >= 4 is 40.2 Å². The quantitative estimate of drug-likeness (QED) is 0.662. The maximum Gasteiger partial charge on any atom is 0.269 e. The van der Waals surface area contributed by atoms with Crippen LogP contribution in [-0.2, 0) is 13.1 Å². The first-order chi connectivity index (χ1) is 9.06. The van der Waals surface area contributed by atoms with Crippen molar-refractivity contribution in [2.75, 3.05) is 0 Å². The van der Waals surface area contributed by atoms with Crippen molar-refractivity contribution in [2.45, 2.75) is 13.1 Å². The van der Waals surface area contributed by atoms with Gasteiger partial charge in [0.2, 0.25) is 0 Å². The molecule has 2 aromatic rings. The fourth-order valence-electron chi connectivity index (χ4n) is 1.58. The number of nitrogens with one attached hydrogen (secondary N) is 1. The smallest absolute Gasteiger partial charge is 0.269 e. The van der Waals surface area contributed by atoms with Crippen LogP contribution in [-0.4, -0.2) is 4.92 Å². The Hall–Kier alpha value is -1.14. The van der Waals surface area contributed by atoms with Gasteiger partial charge in [0.25, 0.3) is 5.69 Å². The first-order valence-electron chi connectivity index (χ1n) is 5.44. The molecule has 0 atom stereocenters. The van der Waals surface area contributed by atoms with Gasteiger partial charge >= 0.3 is 0 Å². The monoisotopic (exact) mass is 316 g/mol. The second-order valence-corrected chi connectivity index (χ2v) is 6.05. The molecule has 0 unspecified atom stereocenters. The molecule has 2 rings (SSSR count). The minimum absolute atomic E-state index is 0.0420. The van der Waals surface area contributed by atoms with Gasteiger partial charge in [-0.1, -0.05) is 23.2 Å². The molecule has 100 valence electrons. The minimum atomic E-state index is -0.432. The van der Waals surface area contributed by atoms with Gasteiger partial charge in [-0.05, 0) is 23.8 Å². The highest BCUT2D eigenvalue weighted by Gasteiger charge is 2.09. The molecule has 0 spiro atoms. The molecule has 0 bridgehead atoms. The molecule has 0 amide bonds. The molecule has 0 radical (unpaired) electrons. The summed E-state index contributed by atoms with van der Waals surface area (Å²) >= 11 is 13.3. The molecule has 1 N–H and O–H groups in total. The van der Waals surface area contributed by atoms with Crippen molar-refractivity contribution in [1.82, 2.24) is 5.32 Å². The summed E-state index contributed by atoms with van der Waals surface area (Å²) in [5.74, 6) is 0. The third-order valence-electron chi connectivity index (χ3n) is 2.48. The van der Waals surface area contributed by atoms with E-state index in [0.717, 1.165) is 9.21 Å². The van der Waals surface area contributed by atoms with E-state index < -0.39 is 4.92 Å². The maximum atomic E-state index is 10.7. The number of non-ortho nitro benzene ring substituents is 1. The van der Waals surface area contributed by atoms with E-state index in [1.807, 2.05) is 12.1 Å².